The monoisotopic (exact) mass is 380 g/mol. The van der Waals surface area contributed by atoms with E-state index < -0.39 is 0 Å². The highest BCUT2D eigenvalue weighted by Gasteiger charge is 2.34. The number of hydrogen-bond acceptors (Lipinski definition) is 2. The van der Waals surface area contributed by atoms with Gasteiger partial charge in [-0.1, -0.05) is 24.3 Å². The van der Waals surface area contributed by atoms with Crippen LogP contribution < -0.4 is 5.32 Å². The molecule has 0 bridgehead atoms. The van der Waals surface area contributed by atoms with Gasteiger partial charge in [0, 0.05) is 37.2 Å². The summed E-state index contributed by atoms with van der Waals surface area (Å²) in [6.45, 7) is 6.58. The van der Waals surface area contributed by atoms with Crippen LogP contribution in [-0.4, -0.2) is 45.4 Å². The highest BCUT2D eigenvalue weighted by atomic mass is 16.2. The SMILES string of the molecule is C=CCN(CC(=O)N(Cc1cccn1C)C1CC1)C(=O)Nc1ccccc1C. The van der Waals surface area contributed by atoms with Crippen molar-refractivity contribution in [3.63, 3.8) is 0 Å². The van der Waals surface area contributed by atoms with E-state index in [2.05, 4.69) is 11.9 Å². The average Bonchev–Trinajstić information content (AvgIpc) is 3.43. The summed E-state index contributed by atoms with van der Waals surface area (Å²) >= 11 is 0. The normalized spacial score (nSPS) is 13.1. The van der Waals surface area contributed by atoms with Crippen molar-refractivity contribution >= 4 is 17.6 Å². The summed E-state index contributed by atoms with van der Waals surface area (Å²) in [7, 11) is 1.98. The minimum Gasteiger partial charge on any atom is -0.353 e. The number of aromatic nitrogens is 1. The Bertz CT molecular complexity index is 854. The molecule has 0 radical (unpaired) electrons. The van der Waals surface area contributed by atoms with Crippen LogP contribution in [0.5, 0.6) is 0 Å². The van der Waals surface area contributed by atoms with E-state index >= 15 is 0 Å². The van der Waals surface area contributed by atoms with E-state index in [1.54, 1.807) is 6.08 Å². The molecule has 0 saturated heterocycles. The third-order valence-electron chi connectivity index (χ3n) is 5.04. The smallest absolute Gasteiger partial charge is 0.322 e. The molecule has 2 aromatic rings. The van der Waals surface area contributed by atoms with Gasteiger partial charge in [0.25, 0.3) is 0 Å². The van der Waals surface area contributed by atoms with Crippen molar-refractivity contribution < 1.29 is 9.59 Å². The van der Waals surface area contributed by atoms with Crippen molar-refractivity contribution in [2.24, 2.45) is 7.05 Å². The van der Waals surface area contributed by atoms with Crippen LogP contribution >= 0.6 is 0 Å². The van der Waals surface area contributed by atoms with E-state index in [1.807, 2.05) is 66.0 Å². The van der Waals surface area contributed by atoms with Gasteiger partial charge in [-0.25, -0.2) is 4.79 Å². The molecule has 3 rings (SSSR count). The molecule has 0 spiro atoms. The maximum absolute atomic E-state index is 13.0. The maximum Gasteiger partial charge on any atom is 0.322 e. The molecule has 0 unspecified atom stereocenters. The molecular formula is C22H28N4O2. The number of amides is 3. The van der Waals surface area contributed by atoms with Crippen LogP contribution in [0.2, 0.25) is 0 Å². The predicted molar refractivity (Wildman–Crippen MR) is 111 cm³/mol. The fourth-order valence-corrected chi connectivity index (χ4v) is 3.18. The van der Waals surface area contributed by atoms with Gasteiger partial charge < -0.3 is 19.7 Å². The van der Waals surface area contributed by atoms with E-state index in [0.717, 1.165) is 29.8 Å². The number of nitrogens with zero attached hydrogens (tertiary/aromatic N) is 3. The minimum absolute atomic E-state index is 0.0324. The molecule has 1 aliphatic carbocycles. The van der Waals surface area contributed by atoms with Gasteiger partial charge in [-0.2, -0.15) is 0 Å². The quantitative estimate of drug-likeness (QED) is 0.712. The average molecular weight is 380 g/mol. The van der Waals surface area contributed by atoms with Gasteiger partial charge in [0.1, 0.15) is 6.54 Å². The van der Waals surface area contributed by atoms with Crippen LogP contribution in [-0.2, 0) is 18.4 Å². The zero-order valence-corrected chi connectivity index (χ0v) is 16.6. The van der Waals surface area contributed by atoms with Gasteiger partial charge in [0.05, 0.1) is 6.54 Å². The lowest BCUT2D eigenvalue weighted by molar-refractivity contribution is -0.133. The third kappa shape index (κ3) is 4.82. The van der Waals surface area contributed by atoms with Crippen LogP contribution in [0.25, 0.3) is 0 Å². The van der Waals surface area contributed by atoms with Crippen molar-refractivity contribution in [2.75, 3.05) is 18.4 Å². The fourth-order valence-electron chi connectivity index (χ4n) is 3.18. The Morgan fingerprint density at radius 3 is 2.61 bits per heavy atom. The Labute approximate surface area is 166 Å². The molecule has 6 heteroatoms. The number of para-hydroxylation sites is 1. The van der Waals surface area contributed by atoms with Gasteiger partial charge in [-0.05, 0) is 43.5 Å². The lowest BCUT2D eigenvalue weighted by atomic mass is 10.2. The maximum atomic E-state index is 13.0. The zero-order chi connectivity index (χ0) is 20.1. The molecule has 3 amide bonds. The van der Waals surface area contributed by atoms with Crippen molar-refractivity contribution in [1.29, 1.82) is 0 Å². The summed E-state index contributed by atoms with van der Waals surface area (Å²) < 4.78 is 2.02. The first-order valence-corrected chi connectivity index (χ1v) is 9.61. The molecule has 1 aromatic heterocycles. The molecule has 0 aliphatic heterocycles. The summed E-state index contributed by atoms with van der Waals surface area (Å²) in [6.07, 6.45) is 5.66. The standard InChI is InChI=1S/C22H28N4O2/c1-4-13-25(22(28)23-20-10-6-5-8-17(20)2)16-21(27)26(18-11-12-18)15-19-9-7-14-24(19)3/h4-10,14,18H,1,11-13,15-16H2,2-3H3,(H,23,28). The van der Waals surface area contributed by atoms with Gasteiger partial charge >= 0.3 is 6.03 Å². The number of aryl methyl sites for hydroxylation is 2. The molecule has 1 aliphatic rings. The number of benzene rings is 1. The molecular weight excluding hydrogens is 352 g/mol. The predicted octanol–water partition coefficient (Wildman–Crippen LogP) is 3.54. The Morgan fingerprint density at radius 1 is 1.25 bits per heavy atom. The lowest BCUT2D eigenvalue weighted by Gasteiger charge is -2.27. The van der Waals surface area contributed by atoms with Crippen molar-refractivity contribution in [1.82, 2.24) is 14.4 Å². The number of anilines is 1. The third-order valence-corrected chi connectivity index (χ3v) is 5.04. The molecule has 1 N–H and O–H groups in total. The van der Waals surface area contributed by atoms with Crippen LogP contribution in [0.4, 0.5) is 10.5 Å². The van der Waals surface area contributed by atoms with Crippen LogP contribution in [0.1, 0.15) is 24.1 Å². The van der Waals surface area contributed by atoms with Crippen molar-refractivity contribution in [2.45, 2.75) is 32.4 Å². The van der Waals surface area contributed by atoms with E-state index in [0.29, 0.717) is 13.1 Å². The zero-order valence-electron chi connectivity index (χ0n) is 16.6. The summed E-state index contributed by atoms with van der Waals surface area (Å²) in [5, 5.41) is 2.90. The highest BCUT2D eigenvalue weighted by molar-refractivity contribution is 5.93. The first-order chi connectivity index (χ1) is 13.5. The Kier molecular flexibility index (Phi) is 6.19. The fraction of sp³-hybridized carbons (Fsp3) is 0.364. The molecule has 0 atom stereocenters. The number of carbonyl (C=O) groups excluding carboxylic acids is 2. The number of rotatable bonds is 8. The molecule has 148 valence electrons. The largest absolute Gasteiger partial charge is 0.353 e. The van der Waals surface area contributed by atoms with Gasteiger partial charge in [0.15, 0.2) is 0 Å². The van der Waals surface area contributed by atoms with Crippen LogP contribution in [0, 0.1) is 6.92 Å². The Morgan fingerprint density at radius 2 is 2.00 bits per heavy atom. The summed E-state index contributed by atoms with van der Waals surface area (Å²) in [6, 6.07) is 11.6. The molecule has 1 saturated carbocycles. The van der Waals surface area contributed by atoms with Gasteiger partial charge in [-0.15, -0.1) is 6.58 Å². The van der Waals surface area contributed by atoms with E-state index in [1.165, 1.54) is 4.90 Å². The Balaban J connectivity index is 1.68. The molecule has 6 nitrogen and oxygen atoms in total. The first kappa shape index (κ1) is 19.7. The van der Waals surface area contributed by atoms with Gasteiger partial charge in [-0.3, -0.25) is 4.79 Å². The van der Waals surface area contributed by atoms with Crippen molar-refractivity contribution in [3.8, 4) is 0 Å². The highest BCUT2D eigenvalue weighted by Crippen LogP contribution is 2.28. The summed E-state index contributed by atoms with van der Waals surface area (Å²) in [5.74, 6) is -0.0366. The summed E-state index contributed by atoms with van der Waals surface area (Å²) in [5.41, 5.74) is 2.81. The number of nitrogens with one attached hydrogen (secondary N) is 1. The van der Waals surface area contributed by atoms with Crippen LogP contribution in [0.15, 0.2) is 55.3 Å². The van der Waals surface area contributed by atoms with E-state index in [4.69, 9.17) is 0 Å². The minimum atomic E-state index is -0.294. The van der Waals surface area contributed by atoms with E-state index in [-0.39, 0.29) is 24.5 Å². The molecule has 28 heavy (non-hydrogen) atoms. The van der Waals surface area contributed by atoms with Gasteiger partial charge in [0.2, 0.25) is 5.91 Å². The topological polar surface area (TPSA) is 57.6 Å². The lowest BCUT2D eigenvalue weighted by Crippen LogP contribution is -2.45. The van der Waals surface area contributed by atoms with Crippen LogP contribution in [0.3, 0.4) is 0 Å². The second-order valence-corrected chi connectivity index (χ2v) is 7.28. The number of urea groups is 1. The molecule has 1 fully saturated rings. The number of hydrogen-bond donors (Lipinski definition) is 1. The number of carbonyl (C=O) groups is 2. The second-order valence-electron chi connectivity index (χ2n) is 7.28. The molecule has 1 heterocycles. The molecule has 1 aromatic carbocycles. The second kappa shape index (κ2) is 8.78. The Hall–Kier alpha value is -3.02. The van der Waals surface area contributed by atoms with E-state index in [9.17, 15) is 9.59 Å². The van der Waals surface area contributed by atoms with Crippen molar-refractivity contribution in [3.05, 3.63) is 66.5 Å². The summed E-state index contributed by atoms with van der Waals surface area (Å²) in [4.78, 5) is 29.2. The first-order valence-electron chi connectivity index (χ1n) is 9.61.